The zero-order valence-corrected chi connectivity index (χ0v) is 21.1. The number of rotatable bonds is 11. The number of halogens is 1. The Bertz CT molecular complexity index is 1380. The molecule has 2 N–H and O–H groups in total. The predicted octanol–water partition coefficient (Wildman–Crippen LogP) is 5.87. The van der Waals surface area contributed by atoms with Crippen molar-refractivity contribution < 1.29 is 23.8 Å². The van der Waals surface area contributed by atoms with Gasteiger partial charge in [-0.2, -0.15) is 0 Å². The predicted molar refractivity (Wildman–Crippen MR) is 141 cm³/mol. The molecule has 0 spiro atoms. The molecule has 4 aromatic rings. The van der Waals surface area contributed by atoms with E-state index in [0.29, 0.717) is 41.7 Å². The summed E-state index contributed by atoms with van der Waals surface area (Å²) in [7, 11) is 0. The second kappa shape index (κ2) is 12.2. The van der Waals surface area contributed by atoms with Crippen LogP contribution in [-0.4, -0.2) is 28.6 Å². The Hall–Kier alpha value is -4.10. The van der Waals surface area contributed by atoms with Gasteiger partial charge in [-0.05, 0) is 60.9 Å². The topological polar surface area (TPSA) is 102 Å². The zero-order chi connectivity index (χ0) is 26.2. The van der Waals surface area contributed by atoms with Gasteiger partial charge in [0.2, 0.25) is 5.89 Å². The average molecular weight is 519 g/mol. The lowest BCUT2D eigenvalue weighted by molar-refractivity contribution is -0.136. The highest BCUT2D eigenvalue weighted by atomic mass is 35.5. The van der Waals surface area contributed by atoms with E-state index in [1.165, 1.54) is 0 Å². The van der Waals surface area contributed by atoms with Gasteiger partial charge in [0.1, 0.15) is 11.5 Å². The van der Waals surface area contributed by atoms with E-state index in [-0.39, 0.29) is 18.9 Å². The van der Waals surface area contributed by atoms with Gasteiger partial charge in [0.15, 0.2) is 0 Å². The number of amides is 1. The minimum Gasteiger partial charge on any atom is -0.493 e. The Balaban J connectivity index is 1.42. The summed E-state index contributed by atoms with van der Waals surface area (Å²) in [4.78, 5) is 28.4. The summed E-state index contributed by atoms with van der Waals surface area (Å²) in [5.74, 6) is 0.744. The molecule has 4 rings (SSSR count). The number of oxazole rings is 1. The van der Waals surface area contributed by atoms with Gasteiger partial charge in [0.25, 0.3) is 5.91 Å². The third-order valence-electron chi connectivity index (χ3n) is 5.86. The van der Waals surface area contributed by atoms with Crippen molar-refractivity contribution in [2.75, 3.05) is 6.61 Å². The molecule has 0 radical (unpaired) electrons. The molecule has 0 saturated heterocycles. The molecule has 1 heterocycles. The number of hydrogen-bond donors (Lipinski definition) is 2. The number of aromatic nitrogens is 1. The molecule has 1 aromatic heterocycles. The molecule has 0 aliphatic carbocycles. The van der Waals surface area contributed by atoms with Crippen LogP contribution in [0.15, 0.2) is 77.2 Å². The van der Waals surface area contributed by atoms with Crippen LogP contribution in [0.3, 0.4) is 0 Å². The summed E-state index contributed by atoms with van der Waals surface area (Å²) in [6.07, 6.45) is 0.885. The van der Waals surface area contributed by atoms with Crippen molar-refractivity contribution in [3.8, 4) is 17.2 Å². The lowest BCUT2D eigenvalue weighted by Gasteiger charge is -2.14. The van der Waals surface area contributed by atoms with E-state index in [9.17, 15) is 9.59 Å². The number of aliphatic carboxylic acids is 1. The Morgan fingerprint density at radius 2 is 1.76 bits per heavy atom. The SMILES string of the molecule is Cc1oc(-c2ccccc2)nc1CCOc1ccc(CCC(=O)O)c(CNC(=O)c2ccccc2Cl)c1. The van der Waals surface area contributed by atoms with Crippen LogP contribution in [0.4, 0.5) is 0 Å². The fourth-order valence-corrected chi connectivity index (χ4v) is 4.11. The molecular formula is C29H27ClN2O5. The van der Waals surface area contributed by atoms with Gasteiger partial charge in [-0.3, -0.25) is 9.59 Å². The molecular weight excluding hydrogens is 492 g/mol. The number of carboxylic acid groups (broad SMARTS) is 1. The second-order valence-electron chi connectivity index (χ2n) is 8.47. The van der Waals surface area contributed by atoms with Crippen LogP contribution >= 0.6 is 11.6 Å². The van der Waals surface area contributed by atoms with E-state index < -0.39 is 5.97 Å². The molecule has 0 unspecified atom stereocenters. The Morgan fingerprint density at radius 3 is 2.51 bits per heavy atom. The lowest BCUT2D eigenvalue weighted by atomic mass is 10.0. The quantitative estimate of drug-likeness (QED) is 0.257. The summed E-state index contributed by atoms with van der Waals surface area (Å²) >= 11 is 6.14. The van der Waals surface area contributed by atoms with Gasteiger partial charge in [0.05, 0.1) is 22.9 Å². The molecule has 7 nitrogen and oxygen atoms in total. The number of carbonyl (C=O) groups is 2. The molecule has 190 valence electrons. The monoisotopic (exact) mass is 518 g/mol. The minimum atomic E-state index is -0.885. The van der Waals surface area contributed by atoms with Crippen molar-refractivity contribution in [3.63, 3.8) is 0 Å². The van der Waals surface area contributed by atoms with Crippen LogP contribution in [0.2, 0.25) is 5.02 Å². The highest BCUT2D eigenvalue weighted by Gasteiger charge is 2.14. The molecule has 0 aliphatic rings. The molecule has 37 heavy (non-hydrogen) atoms. The normalized spacial score (nSPS) is 10.8. The van der Waals surface area contributed by atoms with Crippen molar-refractivity contribution in [1.29, 1.82) is 0 Å². The number of aryl methyl sites for hydroxylation is 2. The maximum absolute atomic E-state index is 12.6. The van der Waals surface area contributed by atoms with Crippen molar-refractivity contribution in [1.82, 2.24) is 10.3 Å². The summed E-state index contributed by atoms with van der Waals surface area (Å²) < 4.78 is 11.8. The number of ether oxygens (including phenoxy) is 1. The Kier molecular flexibility index (Phi) is 8.59. The third kappa shape index (κ3) is 6.98. The summed E-state index contributed by atoms with van der Waals surface area (Å²) in [6.45, 7) is 2.46. The number of benzene rings is 3. The molecule has 3 aromatic carbocycles. The standard InChI is InChI=1S/C29H27ClN2O5/c1-19-26(32-29(37-19)21-7-3-2-4-8-21)15-16-36-23-13-11-20(12-14-27(33)34)22(17-23)18-31-28(35)24-9-5-6-10-25(24)30/h2-11,13,17H,12,14-16,18H2,1H3,(H,31,35)(H,33,34). The Labute approximate surface area is 220 Å². The van der Waals surface area contributed by atoms with E-state index in [1.54, 1.807) is 24.3 Å². The van der Waals surface area contributed by atoms with Gasteiger partial charge < -0.3 is 19.6 Å². The van der Waals surface area contributed by atoms with Crippen LogP contribution in [0.1, 0.15) is 39.4 Å². The highest BCUT2D eigenvalue weighted by Crippen LogP contribution is 2.23. The fraction of sp³-hybridized carbons (Fsp3) is 0.207. The Morgan fingerprint density at radius 1 is 1.00 bits per heavy atom. The van der Waals surface area contributed by atoms with E-state index in [1.807, 2.05) is 55.5 Å². The highest BCUT2D eigenvalue weighted by molar-refractivity contribution is 6.33. The lowest BCUT2D eigenvalue weighted by Crippen LogP contribution is -2.23. The maximum Gasteiger partial charge on any atom is 0.303 e. The van der Waals surface area contributed by atoms with Gasteiger partial charge in [0, 0.05) is 24.9 Å². The second-order valence-corrected chi connectivity index (χ2v) is 8.88. The number of carbonyl (C=O) groups excluding carboxylic acids is 1. The average Bonchev–Trinajstić information content (AvgIpc) is 3.27. The van der Waals surface area contributed by atoms with Crippen molar-refractivity contribution >= 4 is 23.5 Å². The van der Waals surface area contributed by atoms with E-state index in [0.717, 1.165) is 28.1 Å². The molecule has 0 saturated carbocycles. The number of nitrogens with one attached hydrogen (secondary N) is 1. The first kappa shape index (κ1) is 26.0. The van der Waals surface area contributed by atoms with Crippen LogP contribution in [0.5, 0.6) is 5.75 Å². The van der Waals surface area contributed by atoms with Gasteiger partial charge in [-0.1, -0.05) is 48.0 Å². The number of hydrogen-bond acceptors (Lipinski definition) is 5. The molecule has 1 amide bonds. The summed E-state index contributed by atoms with van der Waals surface area (Å²) in [6, 6.07) is 22.0. The van der Waals surface area contributed by atoms with Gasteiger partial charge in [-0.25, -0.2) is 4.98 Å². The molecule has 0 aliphatic heterocycles. The van der Waals surface area contributed by atoms with Crippen LogP contribution in [0.25, 0.3) is 11.5 Å². The van der Waals surface area contributed by atoms with E-state index >= 15 is 0 Å². The maximum atomic E-state index is 12.6. The van der Waals surface area contributed by atoms with Crippen LogP contribution in [-0.2, 0) is 24.2 Å². The molecule has 0 atom stereocenters. The van der Waals surface area contributed by atoms with Crippen molar-refractivity contribution in [3.05, 3.63) is 106 Å². The van der Waals surface area contributed by atoms with Gasteiger partial charge >= 0.3 is 5.97 Å². The number of carboxylic acids is 1. The zero-order valence-electron chi connectivity index (χ0n) is 20.4. The van der Waals surface area contributed by atoms with Crippen molar-refractivity contribution in [2.24, 2.45) is 0 Å². The largest absolute Gasteiger partial charge is 0.493 e. The first-order valence-corrected chi connectivity index (χ1v) is 12.3. The fourth-order valence-electron chi connectivity index (χ4n) is 3.89. The van der Waals surface area contributed by atoms with Crippen LogP contribution in [0, 0.1) is 6.92 Å². The van der Waals surface area contributed by atoms with E-state index in [4.69, 9.17) is 25.9 Å². The number of nitrogens with zero attached hydrogens (tertiary/aromatic N) is 1. The van der Waals surface area contributed by atoms with Gasteiger partial charge in [-0.15, -0.1) is 0 Å². The first-order valence-electron chi connectivity index (χ1n) is 11.9. The molecule has 0 bridgehead atoms. The van der Waals surface area contributed by atoms with E-state index in [2.05, 4.69) is 10.3 Å². The van der Waals surface area contributed by atoms with Crippen molar-refractivity contribution in [2.45, 2.75) is 32.7 Å². The summed E-state index contributed by atoms with van der Waals surface area (Å²) in [5.41, 5.74) is 3.72. The smallest absolute Gasteiger partial charge is 0.303 e. The first-order chi connectivity index (χ1) is 17.9. The summed E-state index contributed by atoms with van der Waals surface area (Å²) in [5, 5.41) is 12.3. The third-order valence-corrected chi connectivity index (χ3v) is 6.19. The molecule has 8 heteroatoms. The van der Waals surface area contributed by atoms with Crippen LogP contribution < -0.4 is 10.1 Å². The minimum absolute atomic E-state index is 0.0130. The molecule has 0 fully saturated rings.